The SMILES string of the molecule is BC1(B)c2ncccc2C(=O)N1Cc1c(F)cc(Br)cc1OC. The molecule has 4 nitrogen and oxygen atoms in total. The highest BCUT2D eigenvalue weighted by Crippen LogP contribution is 2.36. The van der Waals surface area contributed by atoms with Crippen LogP contribution in [0.5, 0.6) is 5.75 Å². The van der Waals surface area contributed by atoms with E-state index in [4.69, 9.17) is 4.74 Å². The third-order valence-corrected chi connectivity index (χ3v) is 4.65. The van der Waals surface area contributed by atoms with Gasteiger partial charge in [0.2, 0.25) is 0 Å². The minimum Gasteiger partial charge on any atom is -0.496 e. The molecule has 8 heteroatoms. The molecule has 0 saturated carbocycles. The van der Waals surface area contributed by atoms with E-state index in [1.54, 1.807) is 29.3 Å². The van der Waals surface area contributed by atoms with E-state index in [9.17, 15) is 9.18 Å². The zero-order valence-electron chi connectivity index (χ0n) is 13.1. The van der Waals surface area contributed by atoms with Gasteiger partial charge in [-0.1, -0.05) is 15.9 Å². The summed E-state index contributed by atoms with van der Waals surface area (Å²) >= 11 is 3.25. The van der Waals surface area contributed by atoms with E-state index < -0.39 is 11.2 Å². The largest absolute Gasteiger partial charge is 0.496 e. The summed E-state index contributed by atoms with van der Waals surface area (Å²) in [6, 6.07) is 6.55. The van der Waals surface area contributed by atoms with Gasteiger partial charge in [0, 0.05) is 21.6 Å². The number of carbonyl (C=O) groups excluding carboxylic acids is 1. The summed E-state index contributed by atoms with van der Waals surface area (Å²) in [5.41, 5.74) is 1.63. The lowest BCUT2D eigenvalue weighted by Gasteiger charge is -2.32. The van der Waals surface area contributed by atoms with Gasteiger partial charge in [-0.05, 0) is 24.3 Å². The average molecular weight is 375 g/mol. The fraction of sp³-hybridized carbons (Fsp3) is 0.200. The lowest BCUT2D eigenvalue weighted by Crippen LogP contribution is -2.44. The number of nitrogens with zero attached hydrogens (tertiary/aromatic N) is 2. The second kappa shape index (κ2) is 5.67. The van der Waals surface area contributed by atoms with Crippen molar-refractivity contribution in [1.82, 2.24) is 9.88 Å². The smallest absolute Gasteiger partial charge is 0.255 e. The Kier molecular flexibility index (Phi) is 3.96. The summed E-state index contributed by atoms with van der Waals surface area (Å²) in [5, 5.41) is -0.613. The van der Waals surface area contributed by atoms with Crippen LogP contribution < -0.4 is 4.74 Å². The number of halogens is 2. The highest BCUT2D eigenvalue weighted by Gasteiger charge is 2.44. The molecular weight excluding hydrogens is 361 g/mol. The molecule has 3 rings (SSSR count). The Morgan fingerprint density at radius 3 is 2.83 bits per heavy atom. The standard InChI is InChI=1S/C15H14B2BrFN2O2/c1-23-12-6-8(18)5-11(19)10(12)7-21-14(22)9-3-2-4-20-13(9)15(21,16)17/h2-6H,7,16-17H2,1H3. The molecule has 116 valence electrons. The van der Waals surface area contributed by atoms with Gasteiger partial charge in [0.1, 0.15) is 27.3 Å². The highest BCUT2D eigenvalue weighted by molar-refractivity contribution is 9.10. The fourth-order valence-electron chi connectivity index (χ4n) is 2.94. The van der Waals surface area contributed by atoms with Crippen LogP contribution in [0.25, 0.3) is 0 Å². The normalized spacial score (nSPS) is 15.6. The Labute approximate surface area is 144 Å². The van der Waals surface area contributed by atoms with E-state index in [1.807, 2.05) is 15.7 Å². The van der Waals surface area contributed by atoms with Gasteiger partial charge in [0.05, 0.1) is 24.9 Å². The number of hydrogen-bond acceptors (Lipinski definition) is 3. The molecule has 0 unspecified atom stereocenters. The molecule has 0 atom stereocenters. The molecule has 0 spiro atoms. The summed E-state index contributed by atoms with van der Waals surface area (Å²) in [4.78, 5) is 18.7. The molecule has 0 aliphatic carbocycles. The van der Waals surface area contributed by atoms with Crippen LogP contribution in [0.4, 0.5) is 4.39 Å². The number of amides is 1. The number of rotatable bonds is 3. The van der Waals surface area contributed by atoms with Gasteiger partial charge in [0.25, 0.3) is 5.91 Å². The quantitative estimate of drug-likeness (QED) is 0.753. The number of methoxy groups -OCH3 is 1. The number of ether oxygens (including phenoxy) is 1. The van der Waals surface area contributed by atoms with Gasteiger partial charge < -0.3 is 9.64 Å². The number of pyridine rings is 1. The van der Waals surface area contributed by atoms with E-state index in [0.717, 1.165) is 0 Å². The molecule has 2 heterocycles. The Hall–Kier alpha value is -1.82. The molecule has 0 N–H and O–H groups in total. The first-order valence-electron chi connectivity index (χ1n) is 7.15. The molecule has 1 aliphatic rings. The van der Waals surface area contributed by atoms with E-state index in [2.05, 4.69) is 20.9 Å². The van der Waals surface area contributed by atoms with Crippen LogP contribution >= 0.6 is 15.9 Å². The molecule has 0 saturated heterocycles. The number of fused-ring (bicyclic) bond motifs is 1. The molecule has 0 fully saturated rings. The van der Waals surface area contributed by atoms with Gasteiger partial charge in [0.15, 0.2) is 0 Å². The number of aromatic nitrogens is 1. The monoisotopic (exact) mass is 374 g/mol. The average Bonchev–Trinajstić information content (AvgIpc) is 2.70. The van der Waals surface area contributed by atoms with E-state index >= 15 is 0 Å². The number of hydrogen-bond donors (Lipinski definition) is 0. The maximum Gasteiger partial charge on any atom is 0.255 e. The summed E-state index contributed by atoms with van der Waals surface area (Å²) in [6.07, 6.45) is 1.66. The fourth-order valence-corrected chi connectivity index (χ4v) is 3.34. The first-order valence-corrected chi connectivity index (χ1v) is 7.95. The highest BCUT2D eigenvalue weighted by atomic mass is 79.9. The van der Waals surface area contributed by atoms with Crippen molar-refractivity contribution in [3.05, 3.63) is 57.6 Å². The van der Waals surface area contributed by atoms with Crippen molar-refractivity contribution in [3.8, 4) is 5.75 Å². The van der Waals surface area contributed by atoms with Crippen LogP contribution in [-0.4, -0.2) is 38.6 Å². The van der Waals surface area contributed by atoms with Crippen molar-refractivity contribution < 1.29 is 13.9 Å². The summed E-state index contributed by atoms with van der Waals surface area (Å²) in [6.45, 7) is 0.116. The van der Waals surface area contributed by atoms with Crippen LogP contribution in [0, 0.1) is 5.82 Å². The predicted molar refractivity (Wildman–Crippen MR) is 93.5 cm³/mol. The first-order chi connectivity index (χ1) is 10.9. The zero-order valence-corrected chi connectivity index (χ0v) is 14.6. The van der Waals surface area contributed by atoms with Crippen molar-refractivity contribution in [2.75, 3.05) is 7.11 Å². The maximum atomic E-state index is 14.4. The van der Waals surface area contributed by atoms with Crippen LogP contribution in [0.3, 0.4) is 0 Å². The van der Waals surface area contributed by atoms with Crippen molar-refractivity contribution in [3.63, 3.8) is 0 Å². The van der Waals surface area contributed by atoms with Crippen molar-refractivity contribution in [1.29, 1.82) is 0 Å². The van der Waals surface area contributed by atoms with Crippen LogP contribution in [0.1, 0.15) is 21.6 Å². The molecule has 1 amide bonds. The van der Waals surface area contributed by atoms with Gasteiger partial charge >= 0.3 is 0 Å². The molecule has 23 heavy (non-hydrogen) atoms. The van der Waals surface area contributed by atoms with Gasteiger partial charge in [-0.25, -0.2) is 4.39 Å². The second-order valence-corrected chi connectivity index (χ2v) is 6.83. The topological polar surface area (TPSA) is 42.4 Å². The number of benzene rings is 1. The molecule has 0 radical (unpaired) electrons. The Morgan fingerprint density at radius 2 is 2.17 bits per heavy atom. The second-order valence-electron chi connectivity index (χ2n) is 5.92. The van der Waals surface area contributed by atoms with Crippen molar-refractivity contribution in [2.24, 2.45) is 0 Å². The Balaban J connectivity index is 2.04. The minimum absolute atomic E-state index is 0.116. The van der Waals surface area contributed by atoms with E-state index in [0.29, 0.717) is 27.0 Å². The van der Waals surface area contributed by atoms with Crippen LogP contribution in [0.2, 0.25) is 0 Å². The Bertz CT molecular complexity index is 801. The molecule has 1 aromatic carbocycles. The molecule has 0 bridgehead atoms. The molecule has 1 aromatic heterocycles. The summed E-state index contributed by atoms with van der Waals surface area (Å²) in [5.74, 6) is -0.157. The molecule has 2 aromatic rings. The van der Waals surface area contributed by atoms with Crippen molar-refractivity contribution in [2.45, 2.75) is 11.9 Å². The van der Waals surface area contributed by atoms with Crippen LogP contribution in [0.15, 0.2) is 34.9 Å². The number of carbonyl (C=O) groups is 1. The first kappa shape index (κ1) is 16.1. The molecular formula is C15H14B2BrFN2O2. The van der Waals surface area contributed by atoms with Gasteiger partial charge in [-0.2, -0.15) is 0 Å². The van der Waals surface area contributed by atoms with Crippen molar-refractivity contribution >= 4 is 37.5 Å². The zero-order chi connectivity index (χ0) is 16.8. The third kappa shape index (κ3) is 2.55. The van der Waals surface area contributed by atoms with Gasteiger partial charge in [-0.3, -0.25) is 9.78 Å². The summed E-state index contributed by atoms with van der Waals surface area (Å²) < 4.78 is 20.3. The van der Waals surface area contributed by atoms with Gasteiger partial charge in [-0.15, -0.1) is 0 Å². The van der Waals surface area contributed by atoms with E-state index in [-0.39, 0.29) is 12.5 Å². The maximum absolute atomic E-state index is 14.4. The lowest BCUT2D eigenvalue weighted by molar-refractivity contribution is 0.0728. The lowest BCUT2D eigenvalue weighted by atomic mass is 9.59. The van der Waals surface area contributed by atoms with E-state index in [1.165, 1.54) is 13.2 Å². The minimum atomic E-state index is -0.613. The molecule has 1 aliphatic heterocycles. The summed E-state index contributed by atoms with van der Waals surface area (Å²) in [7, 11) is 5.30. The Morgan fingerprint density at radius 1 is 1.43 bits per heavy atom. The third-order valence-electron chi connectivity index (χ3n) is 4.19. The predicted octanol–water partition coefficient (Wildman–Crippen LogP) is 1.02. The van der Waals surface area contributed by atoms with Crippen LogP contribution in [-0.2, 0) is 11.9 Å².